The number of carboxylic acids is 1. The summed E-state index contributed by atoms with van der Waals surface area (Å²) in [7, 11) is 0. The summed E-state index contributed by atoms with van der Waals surface area (Å²) < 4.78 is 0. The topological polar surface area (TPSA) is 337 Å². The minimum Gasteiger partial charge on any atom is -0.508 e. The maximum Gasteiger partial charge on any atom is 0.328 e. The van der Waals surface area contributed by atoms with Crippen LogP contribution in [0.5, 0.6) is 5.75 Å². The molecule has 0 aliphatic heterocycles. The van der Waals surface area contributed by atoms with Crippen molar-refractivity contribution in [3.8, 4) is 5.75 Å². The zero-order valence-corrected chi connectivity index (χ0v) is 45.1. The number of nitrogens with one attached hydrogen (secondary N) is 8. The lowest BCUT2D eigenvalue weighted by Gasteiger charge is -2.30. The number of rotatable bonds is 31. The maximum atomic E-state index is 14.4. The third-order valence-electron chi connectivity index (χ3n) is 13.3. The number of aliphatic carboxylic acids is 1. The van der Waals surface area contributed by atoms with Gasteiger partial charge in [-0.15, -0.1) is 0 Å². The molecule has 0 aliphatic rings. The highest BCUT2D eigenvalue weighted by molar-refractivity contribution is 7.80. The lowest BCUT2D eigenvalue weighted by atomic mass is 9.93. The van der Waals surface area contributed by atoms with Crippen LogP contribution in [0.3, 0.4) is 0 Å². The molecular weight excluding hydrogens is 999 g/mol. The van der Waals surface area contributed by atoms with Gasteiger partial charge in [0.1, 0.15) is 42.0 Å². The van der Waals surface area contributed by atoms with Gasteiger partial charge >= 0.3 is 5.97 Å². The number of carbonyl (C=O) groups excluding carboxylic acids is 8. The number of phenols is 1. The number of nitrogens with two attached hydrogens (primary N) is 1. The van der Waals surface area contributed by atoms with Gasteiger partial charge in [0.05, 0.1) is 18.7 Å². The van der Waals surface area contributed by atoms with E-state index in [1.54, 1.807) is 74.5 Å². The minimum atomic E-state index is -1.74. The molecule has 0 heterocycles. The summed E-state index contributed by atoms with van der Waals surface area (Å²) >= 11 is 4.30. The summed E-state index contributed by atoms with van der Waals surface area (Å²) in [5, 5.41) is 50.3. The smallest absolute Gasteiger partial charge is 0.328 e. The minimum absolute atomic E-state index is 0.0645. The van der Waals surface area contributed by atoms with E-state index >= 15 is 0 Å². The Labute approximate surface area is 449 Å². The number of aliphatic hydroxyl groups excluding tert-OH is 1. The average Bonchev–Trinajstić information content (AvgIpc) is 3.40. The Morgan fingerprint density at radius 1 is 0.487 bits per heavy atom. The number of hydrogen-bond acceptors (Lipinski definition) is 13. The van der Waals surface area contributed by atoms with Gasteiger partial charge in [-0.3, -0.25) is 38.4 Å². The van der Waals surface area contributed by atoms with Crippen molar-refractivity contribution in [2.45, 2.75) is 141 Å². The van der Waals surface area contributed by atoms with Gasteiger partial charge in [-0.25, -0.2) is 4.79 Å². The highest BCUT2D eigenvalue weighted by atomic mass is 32.1. The molecule has 3 aromatic rings. The van der Waals surface area contributed by atoms with E-state index in [1.807, 2.05) is 27.7 Å². The molecule has 0 bridgehead atoms. The maximum absolute atomic E-state index is 14.4. The summed E-state index contributed by atoms with van der Waals surface area (Å²) in [5.74, 6) is -8.92. The van der Waals surface area contributed by atoms with Gasteiger partial charge < -0.3 is 63.6 Å². The Bertz CT molecular complexity index is 2400. The molecular formula is C54H77N9O12S. The van der Waals surface area contributed by atoms with Crippen LogP contribution in [0.1, 0.15) is 84.4 Å². The molecule has 416 valence electrons. The van der Waals surface area contributed by atoms with Gasteiger partial charge in [0.15, 0.2) is 6.04 Å². The van der Waals surface area contributed by atoms with E-state index in [1.165, 1.54) is 24.3 Å². The van der Waals surface area contributed by atoms with E-state index in [2.05, 4.69) is 55.2 Å². The average molecular weight is 1080 g/mol. The normalized spacial score (nSPS) is 15.9. The summed E-state index contributed by atoms with van der Waals surface area (Å²) in [5.41, 5.74) is 7.86. The number of aliphatic hydroxyl groups is 1. The van der Waals surface area contributed by atoms with Gasteiger partial charge in [-0.1, -0.05) is 134 Å². The fraction of sp³-hybridized carbons (Fsp3) is 0.500. The van der Waals surface area contributed by atoms with E-state index in [4.69, 9.17) is 5.73 Å². The second-order valence-electron chi connectivity index (χ2n) is 19.2. The molecule has 0 fully saturated rings. The predicted molar refractivity (Wildman–Crippen MR) is 288 cm³/mol. The van der Waals surface area contributed by atoms with Gasteiger partial charge in [-0.05, 0) is 53.5 Å². The summed E-state index contributed by atoms with van der Waals surface area (Å²) in [6.07, 6.45) is -0.253. The molecule has 0 saturated heterocycles. The molecule has 21 nitrogen and oxygen atoms in total. The van der Waals surface area contributed by atoms with Crippen LogP contribution in [-0.4, -0.2) is 135 Å². The van der Waals surface area contributed by atoms with Crippen LogP contribution in [-0.2, 0) is 62.4 Å². The number of carboxylic acid groups (broad SMARTS) is 1. The third-order valence-corrected chi connectivity index (χ3v) is 13.7. The van der Waals surface area contributed by atoms with Gasteiger partial charge in [0, 0.05) is 25.0 Å². The molecule has 0 spiro atoms. The largest absolute Gasteiger partial charge is 0.508 e. The molecule has 13 N–H and O–H groups in total. The number of phenolic OH excluding ortho intramolecular Hbond substituents is 1. The van der Waals surface area contributed by atoms with Crippen molar-refractivity contribution in [1.29, 1.82) is 0 Å². The molecule has 0 radical (unpaired) electrons. The van der Waals surface area contributed by atoms with Crippen LogP contribution >= 0.6 is 12.6 Å². The molecule has 8 amide bonds. The van der Waals surface area contributed by atoms with Crippen molar-refractivity contribution < 1.29 is 58.5 Å². The first kappa shape index (κ1) is 63.3. The molecule has 12 atom stereocenters. The van der Waals surface area contributed by atoms with Crippen LogP contribution in [0.15, 0.2) is 84.9 Å². The van der Waals surface area contributed by atoms with Crippen molar-refractivity contribution in [1.82, 2.24) is 42.5 Å². The number of amides is 8. The zero-order chi connectivity index (χ0) is 56.6. The lowest BCUT2D eigenvalue weighted by Crippen LogP contribution is -2.61. The molecule has 76 heavy (non-hydrogen) atoms. The molecule has 0 aliphatic carbocycles. The number of hydrogen-bond donors (Lipinski definition) is 13. The lowest BCUT2D eigenvalue weighted by molar-refractivity contribution is -0.145. The Kier molecular flexibility index (Phi) is 26.4. The van der Waals surface area contributed by atoms with E-state index in [0.29, 0.717) is 36.0 Å². The quantitative estimate of drug-likeness (QED) is 0.0397. The second kappa shape index (κ2) is 31.8. The van der Waals surface area contributed by atoms with Crippen molar-refractivity contribution in [2.75, 3.05) is 12.3 Å². The summed E-state index contributed by atoms with van der Waals surface area (Å²) in [6, 6.07) is 12.6. The number of thiol groups is 1. The highest BCUT2D eigenvalue weighted by Gasteiger charge is 2.36. The number of aromatic hydroxyl groups is 1. The molecule has 3 rings (SSSR count). The van der Waals surface area contributed by atoms with Gasteiger partial charge in [0.25, 0.3) is 0 Å². The van der Waals surface area contributed by atoms with Crippen molar-refractivity contribution in [2.24, 2.45) is 23.5 Å². The van der Waals surface area contributed by atoms with Crippen LogP contribution in [0.4, 0.5) is 0 Å². The third kappa shape index (κ3) is 20.2. The van der Waals surface area contributed by atoms with E-state index in [9.17, 15) is 58.5 Å². The Hall–Kier alpha value is -7.04. The first-order chi connectivity index (χ1) is 36.0. The predicted octanol–water partition coefficient (Wildman–Crippen LogP) is 0.791. The first-order valence-corrected chi connectivity index (χ1v) is 26.2. The van der Waals surface area contributed by atoms with Crippen molar-refractivity contribution in [3.05, 3.63) is 102 Å². The van der Waals surface area contributed by atoms with Crippen molar-refractivity contribution in [3.63, 3.8) is 0 Å². The second-order valence-corrected chi connectivity index (χ2v) is 19.5. The van der Waals surface area contributed by atoms with E-state index < -0.39 is 120 Å². The van der Waals surface area contributed by atoms with Crippen LogP contribution in [0.25, 0.3) is 0 Å². The molecule has 22 heteroatoms. The molecule has 0 saturated carbocycles. The van der Waals surface area contributed by atoms with Crippen LogP contribution in [0, 0.1) is 17.8 Å². The fourth-order valence-corrected chi connectivity index (χ4v) is 8.04. The van der Waals surface area contributed by atoms with Gasteiger partial charge in [0.2, 0.25) is 47.3 Å². The van der Waals surface area contributed by atoms with Crippen LogP contribution < -0.4 is 48.3 Å². The number of benzene rings is 3. The first-order valence-electron chi connectivity index (χ1n) is 25.6. The molecule has 0 unspecified atom stereocenters. The zero-order valence-electron chi connectivity index (χ0n) is 44.2. The van der Waals surface area contributed by atoms with E-state index in [-0.39, 0.29) is 42.6 Å². The molecule has 0 aromatic heterocycles. The molecule has 3 aromatic carbocycles. The monoisotopic (exact) mass is 1080 g/mol. The Morgan fingerprint density at radius 3 is 1.30 bits per heavy atom. The standard InChI is InChI=1S/C54H77N9O12S/c1-8-30(4)43(55)51(71)61-45(32(6)10-3)53(73)62-44(31(5)9-2)52(72)56-28-42(66)57-38(25-34-17-13-11-14-18-34)47(67)58-39(26-35-19-15-12-16-20-35)48(68)60-41(29-76)50(70)59-40(27-36-21-23-37(65)24-22-36)49(69)63-46(33(7)64)54(74)75/h11-24,30-33,38-41,43-46,64-65,76H,8-10,25-29,55H2,1-7H3,(H,56,72)(H,57,66)(H,58,67)(H,59,70)(H,60,68)(H,61,71)(H,62,73)(H,63,69)(H,74,75)/t30-,31-,32-,33+,38-,39-,40-,41-,43-,44-,45-,46-/m0/s1. The Morgan fingerprint density at radius 2 is 0.868 bits per heavy atom. The van der Waals surface area contributed by atoms with E-state index in [0.717, 1.165) is 6.92 Å². The number of carbonyl (C=O) groups is 9. The highest BCUT2D eigenvalue weighted by Crippen LogP contribution is 2.16. The Balaban J connectivity index is 1.86. The SMILES string of the molecule is CC[C@H](C)[C@H](N)C(=O)N[C@H](C(=O)N[C@H](C(=O)NCC(=O)N[C@@H](Cc1ccccc1)C(=O)N[C@@H](Cc1ccccc1)C(=O)N[C@@H](CS)C(=O)N[C@@H](Cc1ccc(O)cc1)C(=O)N[C@H](C(=O)O)[C@@H](C)O)[C@@H](C)CC)[C@@H](C)CC. The van der Waals surface area contributed by atoms with Crippen molar-refractivity contribution >= 4 is 65.9 Å². The fourth-order valence-electron chi connectivity index (χ4n) is 7.78. The summed E-state index contributed by atoms with van der Waals surface area (Å²) in [6.45, 7) is 11.5. The summed E-state index contributed by atoms with van der Waals surface area (Å²) in [4.78, 5) is 122. The van der Waals surface area contributed by atoms with Crippen LogP contribution in [0.2, 0.25) is 0 Å². The van der Waals surface area contributed by atoms with Gasteiger partial charge in [-0.2, -0.15) is 12.6 Å².